The summed E-state index contributed by atoms with van der Waals surface area (Å²) in [6, 6.07) is 74.4. The summed E-state index contributed by atoms with van der Waals surface area (Å²) in [7, 11) is 0. The molecule has 278 valence electrons. The zero-order chi connectivity index (χ0) is 39.5. The van der Waals surface area contributed by atoms with E-state index in [-0.39, 0.29) is 5.41 Å². The molecule has 59 heavy (non-hydrogen) atoms. The Morgan fingerprint density at radius 2 is 0.847 bits per heavy atom. The molecule has 2 heteroatoms. The summed E-state index contributed by atoms with van der Waals surface area (Å²) in [5, 5.41) is 5.03. The molecule has 1 aliphatic carbocycles. The van der Waals surface area contributed by atoms with Crippen molar-refractivity contribution < 1.29 is 0 Å². The maximum Gasteiger partial charge on any atom is 0.160 e. The van der Waals surface area contributed by atoms with Gasteiger partial charge in [0.1, 0.15) is 0 Å². The van der Waals surface area contributed by atoms with E-state index in [2.05, 4.69) is 196 Å². The molecule has 0 atom stereocenters. The van der Waals surface area contributed by atoms with Gasteiger partial charge in [-0.1, -0.05) is 202 Å². The van der Waals surface area contributed by atoms with Crippen LogP contribution >= 0.6 is 0 Å². The average Bonchev–Trinajstić information content (AvgIpc) is 3.53. The quantitative estimate of drug-likeness (QED) is 0.169. The van der Waals surface area contributed by atoms with Crippen LogP contribution in [-0.2, 0) is 5.41 Å². The van der Waals surface area contributed by atoms with Gasteiger partial charge in [0, 0.05) is 22.1 Å². The van der Waals surface area contributed by atoms with Crippen LogP contribution in [0.15, 0.2) is 206 Å². The number of hydrogen-bond donors (Lipinski definition) is 0. The molecule has 2 nitrogen and oxygen atoms in total. The van der Waals surface area contributed by atoms with Gasteiger partial charge in [0.2, 0.25) is 0 Å². The van der Waals surface area contributed by atoms with E-state index in [9.17, 15) is 0 Å². The van der Waals surface area contributed by atoms with E-state index in [1.54, 1.807) is 0 Å². The van der Waals surface area contributed by atoms with Gasteiger partial charge >= 0.3 is 0 Å². The highest BCUT2D eigenvalue weighted by Gasteiger charge is 2.37. The highest BCUT2D eigenvalue weighted by atomic mass is 14.9. The molecule has 0 unspecified atom stereocenters. The summed E-state index contributed by atoms with van der Waals surface area (Å²) in [5.41, 5.74) is 17.6. The second kappa shape index (κ2) is 13.9. The van der Waals surface area contributed by atoms with Gasteiger partial charge in [-0.3, -0.25) is 0 Å². The van der Waals surface area contributed by atoms with Crippen molar-refractivity contribution in [1.82, 2.24) is 9.97 Å². The molecule has 0 fully saturated rings. The summed E-state index contributed by atoms with van der Waals surface area (Å²) >= 11 is 0. The number of aromatic nitrogens is 2. The smallest absolute Gasteiger partial charge is 0.160 e. The number of hydrogen-bond acceptors (Lipinski definition) is 2. The van der Waals surface area contributed by atoms with Crippen molar-refractivity contribution in [2.75, 3.05) is 0 Å². The summed E-state index contributed by atoms with van der Waals surface area (Å²) in [4.78, 5) is 10.1. The van der Waals surface area contributed by atoms with Crippen LogP contribution in [-0.4, -0.2) is 9.97 Å². The minimum absolute atomic E-state index is 0.0834. The maximum absolute atomic E-state index is 5.09. The Bertz CT molecular complexity index is 3140. The standard InChI is InChI=1S/C57H40N2/c1-57(2)50-23-13-22-47(55(50)49-34-44-19-9-10-20-45(44)35-51(49)57)38-26-30-42(31-27-38)54-46-21-12-11-14-37(46)32-33-48(54)39-24-28-41(29-25-39)53-36-52(40-15-5-3-6-16-40)58-56(59-53)43-17-7-4-8-18-43/h3-36H,1-2H3. The van der Waals surface area contributed by atoms with Crippen LogP contribution in [0.1, 0.15) is 25.0 Å². The average molecular weight is 753 g/mol. The zero-order valence-corrected chi connectivity index (χ0v) is 33.0. The molecule has 1 heterocycles. The van der Waals surface area contributed by atoms with Gasteiger partial charge < -0.3 is 0 Å². The Morgan fingerprint density at radius 3 is 1.53 bits per heavy atom. The fourth-order valence-corrected chi connectivity index (χ4v) is 9.24. The Hall–Kier alpha value is -7.42. The minimum atomic E-state index is -0.0834. The molecule has 0 bridgehead atoms. The topological polar surface area (TPSA) is 25.8 Å². The Labute approximate surface area is 345 Å². The van der Waals surface area contributed by atoms with Crippen LogP contribution in [0.5, 0.6) is 0 Å². The lowest BCUT2D eigenvalue weighted by Crippen LogP contribution is -2.14. The molecule has 0 N–H and O–H groups in total. The van der Waals surface area contributed by atoms with E-state index in [0.717, 1.165) is 33.6 Å². The fraction of sp³-hybridized carbons (Fsp3) is 0.0526. The Kier molecular flexibility index (Phi) is 8.20. The minimum Gasteiger partial charge on any atom is -0.228 e. The monoisotopic (exact) mass is 752 g/mol. The van der Waals surface area contributed by atoms with Crippen molar-refractivity contribution >= 4 is 21.5 Å². The second-order valence-electron chi connectivity index (χ2n) is 16.2. The number of benzene rings is 9. The summed E-state index contributed by atoms with van der Waals surface area (Å²) < 4.78 is 0. The highest BCUT2D eigenvalue weighted by Crippen LogP contribution is 2.53. The van der Waals surface area contributed by atoms with Gasteiger partial charge in [-0.05, 0) is 95.4 Å². The van der Waals surface area contributed by atoms with E-state index in [4.69, 9.17) is 9.97 Å². The maximum atomic E-state index is 5.09. The van der Waals surface area contributed by atoms with Crippen molar-refractivity contribution in [3.63, 3.8) is 0 Å². The predicted molar refractivity (Wildman–Crippen MR) is 247 cm³/mol. The summed E-state index contributed by atoms with van der Waals surface area (Å²) in [6.45, 7) is 4.73. The summed E-state index contributed by atoms with van der Waals surface area (Å²) in [5.74, 6) is 0.716. The normalized spacial score (nSPS) is 12.7. The third-order valence-corrected chi connectivity index (χ3v) is 12.3. The molecule has 0 saturated heterocycles. The molecule has 9 aromatic carbocycles. The first-order valence-electron chi connectivity index (χ1n) is 20.4. The van der Waals surface area contributed by atoms with Crippen LogP contribution < -0.4 is 0 Å². The molecule has 11 rings (SSSR count). The van der Waals surface area contributed by atoms with E-state index in [1.165, 1.54) is 71.6 Å². The molecule has 10 aromatic rings. The first kappa shape index (κ1) is 34.8. The summed E-state index contributed by atoms with van der Waals surface area (Å²) in [6.07, 6.45) is 0. The van der Waals surface area contributed by atoms with Crippen LogP contribution in [0.2, 0.25) is 0 Å². The first-order chi connectivity index (χ1) is 29.0. The first-order valence-corrected chi connectivity index (χ1v) is 20.4. The van der Waals surface area contributed by atoms with Crippen LogP contribution in [0.4, 0.5) is 0 Å². The van der Waals surface area contributed by atoms with E-state index in [0.29, 0.717) is 5.82 Å². The number of fused-ring (bicyclic) bond motifs is 5. The highest BCUT2D eigenvalue weighted by molar-refractivity contribution is 6.05. The zero-order valence-electron chi connectivity index (χ0n) is 33.0. The SMILES string of the molecule is CC1(C)c2cc3ccccc3cc2-c2c(-c3ccc(-c4c(-c5ccc(-c6cc(-c7ccccc7)nc(-c7ccccc7)n6)cc5)ccc5ccccc45)cc3)cccc21. The van der Waals surface area contributed by atoms with E-state index in [1.807, 2.05) is 24.3 Å². The van der Waals surface area contributed by atoms with Crippen LogP contribution in [0.3, 0.4) is 0 Å². The van der Waals surface area contributed by atoms with Crippen molar-refractivity contribution in [1.29, 1.82) is 0 Å². The molecule has 1 aliphatic rings. The van der Waals surface area contributed by atoms with Gasteiger partial charge in [0.05, 0.1) is 11.4 Å². The molecular weight excluding hydrogens is 713 g/mol. The largest absolute Gasteiger partial charge is 0.228 e. The Balaban J connectivity index is 0.995. The number of nitrogens with zero attached hydrogens (tertiary/aromatic N) is 2. The van der Waals surface area contributed by atoms with Gasteiger partial charge in [-0.2, -0.15) is 0 Å². The Morgan fingerprint density at radius 1 is 0.322 bits per heavy atom. The molecule has 0 aliphatic heterocycles. The van der Waals surface area contributed by atoms with E-state index < -0.39 is 0 Å². The van der Waals surface area contributed by atoms with Gasteiger partial charge in [0.15, 0.2) is 5.82 Å². The van der Waals surface area contributed by atoms with Crippen LogP contribution in [0, 0.1) is 0 Å². The van der Waals surface area contributed by atoms with Gasteiger partial charge in [0.25, 0.3) is 0 Å². The third-order valence-electron chi connectivity index (χ3n) is 12.3. The molecule has 0 radical (unpaired) electrons. The molecule has 0 amide bonds. The van der Waals surface area contributed by atoms with E-state index >= 15 is 0 Å². The van der Waals surface area contributed by atoms with Crippen molar-refractivity contribution in [3.8, 4) is 78.4 Å². The van der Waals surface area contributed by atoms with Gasteiger partial charge in [-0.15, -0.1) is 0 Å². The lowest BCUT2D eigenvalue weighted by atomic mass is 9.81. The van der Waals surface area contributed by atoms with Crippen molar-refractivity contribution in [2.45, 2.75) is 19.3 Å². The second-order valence-corrected chi connectivity index (χ2v) is 16.2. The molecule has 1 aromatic heterocycles. The van der Waals surface area contributed by atoms with Crippen molar-refractivity contribution in [2.24, 2.45) is 0 Å². The molecule has 0 spiro atoms. The molecule has 0 saturated carbocycles. The van der Waals surface area contributed by atoms with Crippen LogP contribution in [0.25, 0.3) is 100.0 Å². The van der Waals surface area contributed by atoms with Gasteiger partial charge in [-0.25, -0.2) is 9.97 Å². The lowest BCUT2D eigenvalue weighted by Gasteiger charge is -2.22. The fourth-order valence-electron chi connectivity index (χ4n) is 9.24. The lowest BCUT2D eigenvalue weighted by molar-refractivity contribution is 0.661. The molecular formula is C57H40N2. The third kappa shape index (κ3) is 5.96. The predicted octanol–water partition coefficient (Wildman–Crippen LogP) is 15.1. The number of rotatable bonds is 6. The van der Waals surface area contributed by atoms with Crippen molar-refractivity contribution in [3.05, 3.63) is 217 Å².